The zero-order valence-corrected chi connectivity index (χ0v) is 20.7. The molecule has 2 saturated heterocycles. The maximum atomic E-state index is 13.0. The molecule has 0 aliphatic carbocycles. The van der Waals surface area contributed by atoms with Crippen molar-refractivity contribution in [2.24, 2.45) is 0 Å². The highest BCUT2D eigenvalue weighted by Crippen LogP contribution is 2.25. The van der Waals surface area contributed by atoms with Crippen LogP contribution in [0.1, 0.15) is 41.6 Å². The number of hydrogen-bond donors (Lipinski definition) is 2. The summed E-state index contributed by atoms with van der Waals surface area (Å²) in [5.74, 6) is 0.743. The molecular formula is C29H35N5O2. The van der Waals surface area contributed by atoms with Crippen LogP contribution in [0.2, 0.25) is 0 Å². The molecule has 0 unspecified atom stereocenters. The van der Waals surface area contributed by atoms with Crippen LogP contribution in [0.4, 0.5) is 11.4 Å². The Bertz CT molecular complexity index is 1120. The topological polar surface area (TPSA) is 83.7 Å². The second-order valence-corrected chi connectivity index (χ2v) is 9.80. The van der Waals surface area contributed by atoms with Crippen molar-refractivity contribution < 1.29 is 9.53 Å². The largest absolute Gasteiger partial charge is 0.490 e. The van der Waals surface area contributed by atoms with Gasteiger partial charge in [0.1, 0.15) is 11.9 Å². The van der Waals surface area contributed by atoms with Gasteiger partial charge in [-0.05, 0) is 73.0 Å². The molecule has 0 saturated carbocycles. The van der Waals surface area contributed by atoms with Crippen LogP contribution in [0.25, 0.3) is 0 Å². The lowest BCUT2D eigenvalue weighted by Crippen LogP contribution is -2.44. The Morgan fingerprint density at radius 3 is 2.39 bits per heavy atom. The van der Waals surface area contributed by atoms with Crippen molar-refractivity contribution in [3.63, 3.8) is 0 Å². The van der Waals surface area contributed by atoms with E-state index >= 15 is 0 Å². The lowest BCUT2D eigenvalue weighted by molar-refractivity contribution is 0.0907. The Morgan fingerprint density at radius 2 is 1.67 bits per heavy atom. The van der Waals surface area contributed by atoms with Crippen LogP contribution in [-0.2, 0) is 6.54 Å². The van der Waals surface area contributed by atoms with Gasteiger partial charge in [0.05, 0.1) is 0 Å². The number of carbonyl (C=O) groups is 1. The van der Waals surface area contributed by atoms with Crippen molar-refractivity contribution in [2.75, 3.05) is 36.8 Å². The molecule has 0 spiro atoms. The van der Waals surface area contributed by atoms with Gasteiger partial charge < -0.3 is 20.7 Å². The van der Waals surface area contributed by atoms with E-state index in [-0.39, 0.29) is 18.1 Å². The lowest BCUT2D eigenvalue weighted by Gasteiger charge is -2.34. The predicted molar refractivity (Wildman–Crippen MR) is 143 cm³/mol. The smallest absolute Gasteiger partial charge is 0.251 e. The van der Waals surface area contributed by atoms with Gasteiger partial charge in [-0.25, -0.2) is 0 Å². The van der Waals surface area contributed by atoms with E-state index in [2.05, 4.69) is 44.4 Å². The van der Waals surface area contributed by atoms with Crippen molar-refractivity contribution >= 4 is 17.3 Å². The summed E-state index contributed by atoms with van der Waals surface area (Å²) in [7, 11) is 0. The molecule has 0 bridgehead atoms. The molecule has 3 heterocycles. The summed E-state index contributed by atoms with van der Waals surface area (Å²) in [4.78, 5) is 21.8. The number of carbonyl (C=O) groups excluding carboxylic acids is 1. The van der Waals surface area contributed by atoms with E-state index in [0.29, 0.717) is 5.56 Å². The standard InChI is InChI=1S/C29H35N5O2/c30-24-4-6-26(7-5-24)34-18-12-27(13-19-34)36-28-3-1-2-23(20-28)29(35)32-25-10-16-33(17-11-25)21-22-8-14-31-15-9-22/h1-9,14-15,20,25,27H,10-13,16-19,21,30H2,(H,32,35). The fraction of sp³-hybridized carbons (Fsp3) is 0.379. The SMILES string of the molecule is Nc1ccc(N2CCC(Oc3cccc(C(=O)NC4CCN(Cc5ccncc5)CC4)c3)CC2)cc1. The third kappa shape index (κ3) is 6.34. The minimum absolute atomic E-state index is 0.0220. The fourth-order valence-electron chi connectivity index (χ4n) is 5.07. The Morgan fingerprint density at radius 1 is 0.944 bits per heavy atom. The first-order chi connectivity index (χ1) is 17.6. The molecule has 7 heteroatoms. The first-order valence-corrected chi connectivity index (χ1v) is 12.9. The number of aromatic nitrogens is 1. The van der Waals surface area contributed by atoms with Crippen molar-refractivity contribution in [2.45, 2.75) is 44.4 Å². The van der Waals surface area contributed by atoms with E-state index in [9.17, 15) is 4.79 Å². The number of ether oxygens (including phenoxy) is 1. The normalized spacial score (nSPS) is 17.6. The predicted octanol–water partition coefficient (Wildman–Crippen LogP) is 4.11. The Hall–Kier alpha value is -3.58. The first kappa shape index (κ1) is 24.1. The van der Waals surface area contributed by atoms with E-state index < -0.39 is 0 Å². The molecule has 36 heavy (non-hydrogen) atoms. The fourth-order valence-corrected chi connectivity index (χ4v) is 5.07. The maximum Gasteiger partial charge on any atom is 0.251 e. The van der Waals surface area contributed by atoms with Crippen molar-refractivity contribution in [1.29, 1.82) is 0 Å². The molecule has 0 radical (unpaired) electrons. The van der Waals surface area contributed by atoms with Crippen LogP contribution in [0.5, 0.6) is 5.75 Å². The number of amides is 1. The van der Waals surface area contributed by atoms with Gasteiger partial charge in [-0.1, -0.05) is 6.07 Å². The molecule has 1 aromatic heterocycles. The van der Waals surface area contributed by atoms with Crippen molar-refractivity contribution in [3.05, 3.63) is 84.2 Å². The van der Waals surface area contributed by atoms with E-state index in [1.807, 2.05) is 48.8 Å². The van der Waals surface area contributed by atoms with Crippen LogP contribution in [-0.4, -0.2) is 54.1 Å². The molecular weight excluding hydrogens is 450 g/mol. The second kappa shape index (κ2) is 11.4. The zero-order chi connectivity index (χ0) is 24.7. The van der Waals surface area contributed by atoms with Crippen molar-refractivity contribution in [1.82, 2.24) is 15.2 Å². The molecule has 7 nitrogen and oxygen atoms in total. The summed E-state index contributed by atoms with van der Waals surface area (Å²) < 4.78 is 6.27. The lowest BCUT2D eigenvalue weighted by atomic mass is 10.0. The number of piperidine rings is 2. The summed E-state index contributed by atoms with van der Waals surface area (Å²) in [6.45, 7) is 4.77. The summed E-state index contributed by atoms with van der Waals surface area (Å²) in [5, 5.41) is 3.23. The van der Waals surface area contributed by atoms with Gasteiger partial charge in [0, 0.05) is 80.9 Å². The quantitative estimate of drug-likeness (QED) is 0.490. The number of anilines is 2. The first-order valence-electron chi connectivity index (χ1n) is 12.9. The van der Waals surface area contributed by atoms with E-state index in [1.165, 1.54) is 11.3 Å². The summed E-state index contributed by atoms with van der Waals surface area (Å²) >= 11 is 0. The third-order valence-electron chi connectivity index (χ3n) is 7.18. The van der Waals surface area contributed by atoms with Gasteiger partial charge in [-0.2, -0.15) is 0 Å². The minimum atomic E-state index is -0.0220. The molecule has 3 aromatic rings. The van der Waals surface area contributed by atoms with Crippen LogP contribution >= 0.6 is 0 Å². The molecule has 2 aromatic carbocycles. The molecule has 1 amide bonds. The van der Waals surface area contributed by atoms with Gasteiger partial charge in [0.25, 0.3) is 5.91 Å². The van der Waals surface area contributed by atoms with E-state index in [1.54, 1.807) is 0 Å². The summed E-state index contributed by atoms with van der Waals surface area (Å²) in [6, 6.07) is 20.0. The number of likely N-dealkylation sites (tertiary alicyclic amines) is 1. The molecule has 2 aliphatic rings. The number of rotatable bonds is 7. The maximum absolute atomic E-state index is 13.0. The number of nitrogens with one attached hydrogen (secondary N) is 1. The average Bonchev–Trinajstić information content (AvgIpc) is 2.91. The van der Waals surface area contributed by atoms with Gasteiger partial charge in [-0.15, -0.1) is 0 Å². The number of hydrogen-bond acceptors (Lipinski definition) is 6. The number of benzene rings is 2. The van der Waals surface area contributed by atoms with E-state index in [0.717, 1.165) is 69.8 Å². The number of nitrogen functional groups attached to an aromatic ring is 1. The van der Waals surface area contributed by atoms with E-state index in [4.69, 9.17) is 10.5 Å². The highest BCUT2D eigenvalue weighted by molar-refractivity contribution is 5.94. The Labute approximate surface area is 213 Å². The van der Waals surface area contributed by atoms with Crippen LogP contribution < -0.4 is 20.7 Å². The van der Waals surface area contributed by atoms with Crippen molar-refractivity contribution in [3.8, 4) is 5.75 Å². The molecule has 0 atom stereocenters. The third-order valence-corrected chi connectivity index (χ3v) is 7.18. The minimum Gasteiger partial charge on any atom is -0.490 e. The van der Waals surface area contributed by atoms with Crippen LogP contribution in [0.3, 0.4) is 0 Å². The van der Waals surface area contributed by atoms with Crippen LogP contribution in [0, 0.1) is 0 Å². The highest BCUT2D eigenvalue weighted by Gasteiger charge is 2.23. The molecule has 5 rings (SSSR count). The molecule has 188 valence electrons. The second-order valence-electron chi connectivity index (χ2n) is 9.80. The van der Waals surface area contributed by atoms with Gasteiger partial charge >= 0.3 is 0 Å². The van der Waals surface area contributed by atoms with Gasteiger partial charge in [0.2, 0.25) is 0 Å². The van der Waals surface area contributed by atoms with Crippen LogP contribution in [0.15, 0.2) is 73.1 Å². The zero-order valence-electron chi connectivity index (χ0n) is 20.7. The van der Waals surface area contributed by atoms with Gasteiger partial charge in [-0.3, -0.25) is 14.7 Å². The summed E-state index contributed by atoms with van der Waals surface area (Å²) in [6.07, 6.45) is 7.63. The molecule has 3 N–H and O–H groups in total. The number of nitrogens with zero attached hydrogens (tertiary/aromatic N) is 3. The molecule has 2 aliphatic heterocycles. The van der Waals surface area contributed by atoms with Gasteiger partial charge in [0.15, 0.2) is 0 Å². The monoisotopic (exact) mass is 485 g/mol. The highest BCUT2D eigenvalue weighted by atomic mass is 16.5. The summed E-state index contributed by atoms with van der Waals surface area (Å²) in [5.41, 5.74) is 9.73. The Balaban J connectivity index is 1.08. The average molecular weight is 486 g/mol. The Kier molecular flexibility index (Phi) is 7.67. The molecule has 2 fully saturated rings. The number of nitrogens with two attached hydrogens (primary N) is 1. The number of pyridine rings is 1.